The number of hydrogen-bond acceptors (Lipinski definition) is 4. The van der Waals surface area contributed by atoms with E-state index in [1.165, 1.54) is 5.56 Å². The number of aliphatic imine (C=N–C) groups is 1. The summed E-state index contributed by atoms with van der Waals surface area (Å²) in [5.74, 6) is 0.715. The predicted molar refractivity (Wildman–Crippen MR) is 124 cm³/mol. The fourth-order valence-corrected chi connectivity index (χ4v) is 3.59. The number of likely N-dealkylation sites (tertiary alicyclic amines) is 1. The molecular weight excluding hydrogens is 390 g/mol. The molecule has 2 N–H and O–H groups in total. The predicted octanol–water partition coefficient (Wildman–Crippen LogP) is 1.56. The zero-order valence-electron chi connectivity index (χ0n) is 18.7. The summed E-state index contributed by atoms with van der Waals surface area (Å²) in [6.07, 6.45) is 6.80. The lowest BCUT2D eigenvalue weighted by atomic mass is 10.0. The van der Waals surface area contributed by atoms with Crippen molar-refractivity contribution < 1.29 is 4.79 Å². The summed E-state index contributed by atoms with van der Waals surface area (Å²) >= 11 is 0. The topological polar surface area (TPSA) is 77.8 Å². The molecule has 0 bridgehead atoms. The van der Waals surface area contributed by atoms with E-state index in [1.807, 2.05) is 16.9 Å². The summed E-state index contributed by atoms with van der Waals surface area (Å²) in [6, 6.07) is 12.9. The zero-order valence-corrected chi connectivity index (χ0v) is 18.7. The molecule has 1 amide bonds. The second kappa shape index (κ2) is 12.1. The fraction of sp³-hybridized carbons (Fsp3) is 0.522. The third-order valence-electron chi connectivity index (χ3n) is 5.46. The molecule has 0 aliphatic carbocycles. The maximum Gasteiger partial charge on any atom is 0.243 e. The molecule has 168 valence electrons. The molecule has 0 saturated carbocycles. The molecule has 0 radical (unpaired) electrons. The lowest BCUT2D eigenvalue weighted by Crippen LogP contribution is -2.49. The summed E-state index contributed by atoms with van der Waals surface area (Å²) in [6.45, 7) is 4.87. The van der Waals surface area contributed by atoms with Crippen molar-refractivity contribution >= 4 is 11.9 Å². The summed E-state index contributed by atoms with van der Waals surface area (Å²) in [5, 5.41) is 11.2. The maximum atomic E-state index is 12.0. The van der Waals surface area contributed by atoms with Gasteiger partial charge in [-0.05, 0) is 30.9 Å². The van der Waals surface area contributed by atoms with E-state index in [9.17, 15) is 4.79 Å². The highest BCUT2D eigenvalue weighted by molar-refractivity contribution is 5.84. The van der Waals surface area contributed by atoms with Crippen molar-refractivity contribution in [3.63, 3.8) is 0 Å². The summed E-state index contributed by atoms with van der Waals surface area (Å²) in [4.78, 5) is 20.6. The van der Waals surface area contributed by atoms with Gasteiger partial charge < -0.3 is 15.5 Å². The normalized spacial score (nSPS) is 15.6. The van der Waals surface area contributed by atoms with Gasteiger partial charge in [-0.2, -0.15) is 5.10 Å². The number of likely N-dealkylation sites (N-methyl/N-ethyl adjacent to an activating group) is 1. The number of hydrogen-bond donors (Lipinski definition) is 2. The van der Waals surface area contributed by atoms with E-state index in [0.29, 0.717) is 6.04 Å². The van der Waals surface area contributed by atoms with Crippen LogP contribution in [0.1, 0.15) is 24.8 Å². The number of rotatable bonds is 9. The zero-order chi connectivity index (χ0) is 21.9. The molecule has 1 aliphatic heterocycles. The second-order valence-electron chi connectivity index (χ2n) is 8.18. The van der Waals surface area contributed by atoms with Crippen LogP contribution in [0.15, 0.2) is 53.8 Å². The quantitative estimate of drug-likeness (QED) is 0.362. The Hall–Kier alpha value is -2.87. The fourth-order valence-electron chi connectivity index (χ4n) is 3.59. The van der Waals surface area contributed by atoms with E-state index in [-0.39, 0.29) is 12.5 Å². The minimum atomic E-state index is -0.00433. The van der Waals surface area contributed by atoms with Gasteiger partial charge in [0.1, 0.15) is 6.54 Å². The third-order valence-corrected chi connectivity index (χ3v) is 5.46. The second-order valence-corrected chi connectivity index (χ2v) is 8.18. The van der Waals surface area contributed by atoms with Crippen molar-refractivity contribution in [2.75, 3.05) is 40.3 Å². The number of nitrogens with one attached hydrogen (secondary N) is 2. The van der Waals surface area contributed by atoms with E-state index in [0.717, 1.165) is 57.9 Å². The standard InChI is InChI=1S/C23H35N7O/c1-28(2)22(31)18-25-23(24-12-6-14-30-15-7-13-26-30)27-21-10-16-29(17-11-21)19-20-8-4-3-5-9-20/h3-5,7-9,13,15,21H,6,10-12,14,16-19H2,1-2H3,(H2,24,25,27). The third kappa shape index (κ3) is 8.05. The molecule has 8 heteroatoms. The Morgan fingerprint density at radius 3 is 2.65 bits per heavy atom. The Labute approximate surface area is 185 Å². The molecule has 1 aromatic heterocycles. The van der Waals surface area contributed by atoms with Crippen LogP contribution < -0.4 is 10.6 Å². The van der Waals surface area contributed by atoms with Crippen LogP contribution in [0.2, 0.25) is 0 Å². The van der Waals surface area contributed by atoms with Gasteiger partial charge in [0.2, 0.25) is 5.91 Å². The smallest absolute Gasteiger partial charge is 0.243 e. The van der Waals surface area contributed by atoms with Gasteiger partial charge in [-0.1, -0.05) is 30.3 Å². The largest absolute Gasteiger partial charge is 0.356 e. The van der Waals surface area contributed by atoms with Crippen LogP contribution in [0.3, 0.4) is 0 Å². The van der Waals surface area contributed by atoms with E-state index < -0.39 is 0 Å². The van der Waals surface area contributed by atoms with Crippen molar-refractivity contribution in [1.29, 1.82) is 0 Å². The number of piperidine rings is 1. The molecule has 1 saturated heterocycles. The summed E-state index contributed by atoms with van der Waals surface area (Å²) in [7, 11) is 3.51. The maximum absolute atomic E-state index is 12.0. The Kier molecular flexibility index (Phi) is 8.90. The van der Waals surface area contributed by atoms with Crippen molar-refractivity contribution in [2.45, 2.75) is 38.4 Å². The molecule has 8 nitrogen and oxygen atoms in total. The first kappa shape index (κ1) is 22.8. The monoisotopic (exact) mass is 425 g/mol. The van der Waals surface area contributed by atoms with Crippen LogP contribution in [0.5, 0.6) is 0 Å². The first-order chi connectivity index (χ1) is 15.1. The van der Waals surface area contributed by atoms with Crippen LogP contribution in [0.4, 0.5) is 0 Å². The number of aryl methyl sites for hydroxylation is 1. The Morgan fingerprint density at radius 2 is 1.97 bits per heavy atom. The number of carbonyl (C=O) groups excluding carboxylic acids is 1. The number of nitrogens with zero attached hydrogens (tertiary/aromatic N) is 5. The highest BCUT2D eigenvalue weighted by atomic mass is 16.2. The summed E-state index contributed by atoms with van der Waals surface area (Å²) < 4.78 is 1.92. The average molecular weight is 426 g/mol. The van der Waals surface area contributed by atoms with Crippen LogP contribution in [0, 0.1) is 0 Å². The van der Waals surface area contributed by atoms with Crippen LogP contribution in [-0.2, 0) is 17.9 Å². The molecular formula is C23H35N7O. The molecule has 0 unspecified atom stereocenters. The molecule has 1 fully saturated rings. The van der Waals surface area contributed by atoms with Gasteiger partial charge >= 0.3 is 0 Å². The molecule has 1 aliphatic rings. The van der Waals surface area contributed by atoms with E-state index >= 15 is 0 Å². The van der Waals surface area contributed by atoms with Gasteiger partial charge in [-0.15, -0.1) is 0 Å². The van der Waals surface area contributed by atoms with Gasteiger partial charge in [0.25, 0.3) is 0 Å². The molecule has 0 spiro atoms. The Bertz CT molecular complexity index is 797. The van der Waals surface area contributed by atoms with Gasteiger partial charge in [-0.3, -0.25) is 14.4 Å². The van der Waals surface area contributed by atoms with E-state index in [2.05, 4.69) is 56.0 Å². The SMILES string of the molecule is CN(C)C(=O)CN=C(NCCCn1cccn1)NC1CCN(Cc2ccccc2)CC1. The van der Waals surface area contributed by atoms with Crippen molar-refractivity contribution in [1.82, 2.24) is 30.2 Å². The number of amides is 1. The van der Waals surface area contributed by atoms with E-state index in [4.69, 9.17) is 0 Å². The molecule has 3 rings (SSSR count). The minimum Gasteiger partial charge on any atom is -0.356 e. The Morgan fingerprint density at radius 1 is 1.19 bits per heavy atom. The number of guanidine groups is 1. The lowest BCUT2D eigenvalue weighted by molar-refractivity contribution is -0.127. The molecule has 2 heterocycles. The molecule has 0 atom stereocenters. The Balaban J connectivity index is 1.46. The van der Waals surface area contributed by atoms with Gasteiger partial charge in [0.15, 0.2) is 5.96 Å². The first-order valence-electron chi connectivity index (χ1n) is 11.1. The van der Waals surface area contributed by atoms with Gasteiger partial charge in [-0.25, -0.2) is 4.99 Å². The van der Waals surface area contributed by atoms with Crippen molar-refractivity contribution in [3.05, 3.63) is 54.4 Å². The van der Waals surface area contributed by atoms with Crippen LogP contribution >= 0.6 is 0 Å². The number of aromatic nitrogens is 2. The van der Waals surface area contributed by atoms with Crippen LogP contribution in [0.25, 0.3) is 0 Å². The summed E-state index contributed by atoms with van der Waals surface area (Å²) in [5.41, 5.74) is 1.36. The van der Waals surface area contributed by atoms with Gasteiger partial charge in [0, 0.05) is 65.3 Å². The van der Waals surface area contributed by atoms with Crippen molar-refractivity contribution in [3.8, 4) is 0 Å². The van der Waals surface area contributed by atoms with E-state index in [1.54, 1.807) is 25.2 Å². The van der Waals surface area contributed by atoms with Crippen molar-refractivity contribution in [2.24, 2.45) is 4.99 Å². The first-order valence-corrected chi connectivity index (χ1v) is 11.1. The highest BCUT2D eigenvalue weighted by Crippen LogP contribution is 2.13. The molecule has 31 heavy (non-hydrogen) atoms. The number of benzene rings is 1. The lowest BCUT2D eigenvalue weighted by Gasteiger charge is -2.33. The minimum absolute atomic E-state index is 0.00433. The number of carbonyl (C=O) groups is 1. The average Bonchev–Trinajstić information content (AvgIpc) is 3.30. The van der Waals surface area contributed by atoms with Crippen LogP contribution in [-0.4, -0.2) is 77.8 Å². The molecule has 1 aromatic carbocycles. The molecule has 2 aromatic rings. The highest BCUT2D eigenvalue weighted by Gasteiger charge is 2.20. The van der Waals surface area contributed by atoms with Gasteiger partial charge in [0.05, 0.1) is 0 Å².